The van der Waals surface area contributed by atoms with Gasteiger partial charge in [0.05, 0.1) is 54.1 Å². The summed E-state index contributed by atoms with van der Waals surface area (Å²) in [4.78, 5) is 23.1. The zero-order chi connectivity index (χ0) is 24.1. The van der Waals surface area contributed by atoms with E-state index in [4.69, 9.17) is 10.7 Å². The van der Waals surface area contributed by atoms with Crippen LogP contribution in [0.25, 0.3) is 22.3 Å². The Morgan fingerprint density at radius 3 is 2.85 bits per heavy atom. The molecule has 10 nitrogen and oxygen atoms in total. The summed E-state index contributed by atoms with van der Waals surface area (Å²) in [6, 6.07) is 2.18. The van der Waals surface area contributed by atoms with Crippen molar-refractivity contribution in [3.8, 4) is 11.3 Å². The molecule has 0 spiro atoms. The average Bonchev–Trinajstić information content (AvgIpc) is 3.59. The van der Waals surface area contributed by atoms with Crippen LogP contribution in [0.15, 0.2) is 42.0 Å². The van der Waals surface area contributed by atoms with Gasteiger partial charge in [-0.1, -0.05) is 13.8 Å². The molecule has 0 aromatic carbocycles. The number of fused-ring (bicyclic) bond motifs is 1. The number of likely N-dealkylation sites (tertiary alicyclic amines) is 1. The minimum absolute atomic E-state index is 0.114. The van der Waals surface area contributed by atoms with Gasteiger partial charge in [0.1, 0.15) is 0 Å². The Morgan fingerprint density at radius 2 is 2.15 bits per heavy atom. The Balaban J connectivity index is 1.51. The Bertz CT molecular complexity index is 1190. The van der Waals surface area contributed by atoms with E-state index in [1.54, 1.807) is 21.8 Å². The lowest BCUT2D eigenvalue weighted by Crippen LogP contribution is -2.38. The maximum Gasteiger partial charge on any atom is 0.239 e. The lowest BCUT2D eigenvalue weighted by Gasteiger charge is -2.12. The number of allylic oxidation sites excluding steroid dienone is 1. The number of amides is 1. The molecule has 1 unspecified atom stereocenters. The second-order valence-corrected chi connectivity index (χ2v) is 8.53. The van der Waals surface area contributed by atoms with Crippen molar-refractivity contribution in [1.82, 2.24) is 34.6 Å². The van der Waals surface area contributed by atoms with Crippen LogP contribution in [0.3, 0.4) is 0 Å². The third kappa shape index (κ3) is 4.86. The topological polar surface area (TPSA) is 119 Å². The van der Waals surface area contributed by atoms with Crippen molar-refractivity contribution < 1.29 is 4.79 Å². The number of likely N-dealkylation sites (N-methyl/N-ethyl adjacent to an activating group) is 1. The molecule has 1 aliphatic heterocycles. The van der Waals surface area contributed by atoms with Crippen LogP contribution in [0.2, 0.25) is 0 Å². The number of hydrogen-bond donors (Lipinski definition) is 2. The molecule has 0 bridgehead atoms. The number of carbonyl (C=O) groups is 1. The Hall–Kier alpha value is -3.53. The van der Waals surface area contributed by atoms with Crippen LogP contribution in [-0.2, 0) is 4.79 Å². The van der Waals surface area contributed by atoms with Crippen molar-refractivity contribution in [1.29, 1.82) is 0 Å². The van der Waals surface area contributed by atoms with Crippen LogP contribution < -0.4 is 11.1 Å². The fourth-order valence-electron chi connectivity index (χ4n) is 4.27. The molecule has 1 fully saturated rings. The quantitative estimate of drug-likeness (QED) is 0.351. The zero-order valence-corrected chi connectivity index (χ0v) is 20.1. The van der Waals surface area contributed by atoms with E-state index in [0.29, 0.717) is 30.4 Å². The molecule has 1 atom stereocenters. The van der Waals surface area contributed by atoms with E-state index >= 15 is 0 Å². The standard InChI is InChI=1S/C24H33N9O/c1-4-19(5-2)32-15-18(14-29-32)23-22-6-8-28-33(22)16-21(30-23)17(12-25)13-26-9-10-27-20-7-11-31(3)24(20)34/h6,8,12-16,19-20,27H,4-5,7,9-11,25H2,1-3H3. The minimum atomic E-state index is -0.114. The third-order valence-electron chi connectivity index (χ3n) is 6.35. The van der Waals surface area contributed by atoms with Crippen LogP contribution in [0.4, 0.5) is 0 Å². The Morgan fingerprint density at radius 1 is 1.32 bits per heavy atom. The summed E-state index contributed by atoms with van der Waals surface area (Å²) in [6.07, 6.45) is 13.6. The summed E-state index contributed by atoms with van der Waals surface area (Å²) >= 11 is 0. The van der Waals surface area contributed by atoms with Gasteiger partial charge in [0.15, 0.2) is 0 Å². The molecule has 3 aromatic rings. The highest BCUT2D eigenvalue weighted by molar-refractivity contribution is 6.09. The number of aromatic nitrogens is 5. The van der Waals surface area contributed by atoms with Gasteiger partial charge in [0.2, 0.25) is 5.91 Å². The van der Waals surface area contributed by atoms with E-state index in [2.05, 4.69) is 34.4 Å². The van der Waals surface area contributed by atoms with Crippen LogP contribution in [0.1, 0.15) is 44.8 Å². The molecule has 1 aliphatic rings. The van der Waals surface area contributed by atoms with Crippen molar-refractivity contribution in [3.63, 3.8) is 0 Å². The third-order valence-corrected chi connectivity index (χ3v) is 6.35. The molecule has 4 rings (SSSR count). The number of nitrogens with two attached hydrogens (primary N) is 1. The smallest absolute Gasteiger partial charge is 0.239 e. The van der Waals surface area contributed by atoms with E-state index in [-0.39, 0.29) is 11.9 Å². The van der Waals surface area contributed by atoms with Gasteiger partial charge in [-0.25, -0.2) is 9.50 Å². The highest BCUT2D eigenvalue weighted by Crippen LogP contribution is 2.26. The fourth-order valence-corrected chi connectivity index (χ4v) is 4.27. The van der Waals surface area contributed by atoms with E-state index in [0.717, 1.165) is 42.6 Å². The van der Waals surface area contributed by atoms with Gasteiger partial charge in [-0.05, 0) is 25.3 Å². The molecule has 0 aliphatic carbocycles. The SMILES string of the molecule is CCC(CC)n1cc(-c2nc(C(C=NCCNC3CCN(C)C3=O)=CN)cn3nccc23)cn1. The molecule has 0 saturated carbocycles. The van der Waals surface area contributed by atoms with Gasteiger partial charge in [-0.15, -0.1) is 0 Å². The summed E-state index contributed by atoms with van der Waals surface area (Å²) in [5.74, 6) is 0.142. The molecule has 1 amide bonds. The van der Waals surface area contributed by atoms with Crippen LogP contribution >= 0.6 is 0 Å². The summed E-state index contributed by atoms with van der Waals surface area (Å²) in [6.45, 7) is 6.27. The lowest BCUT2D eigenvalue weighted by molar-refractivity contribution is -0.128. The molecule has 34 heavy (non-hydrogen) atoms. The number of hydrogen-bond acceptors (Lipinski definition) is 7. The zero-order valence-electron chi connectivity index (χ0n) is 20.1. The van der Waals surface area contributed by atoms with E-state index in [1.807, 2.05) is 36.4 Å². The minimum Gasteiger partial charge on any atom is -0.404 e. The predicted molar refractivity (Wildman–Crippen MR) is 133 cm³/mol. The van der Waals surface area contributed by atoms with Crippen LogP contribution in [0, 0.1) is 0 Å². The average molecular weight is 464 g/mol. The van der Waals surface area contributed by atoms with Crippen molar-refractivity contribution in [2.24, 2.45) is 10.7 Å². The molecule has 3 N–H and O–H groups in total. The van der Waals surface area contributed by atoms with E-state index in [9.17, 15) is 4.79 Å². The van der Waals surface area contributed by atoms with Gasteiger partial charge < -0.3 is 16.0 Å². The fraction of sp³-hybridized carbons (Fsp3) is 0.458. The van der Waals surface area contributed by atoms with Gasteiger partial charge in [0.25, 0.3) is 0 Å². The maximum absolute atomic E-state index is 12.0. The van der Waals surface area contributed by atoms with Crippen molar-refractivity contribution in [2.45, 2.75) is 45.2 Å². The summed E-state index contributed by atoms with van der Waals surface area (Å²) < 4.78 is 3.81. The van der Waals surface area contributed by atoms with Gasteiger partial charge in [-0.3, -0.25) is 14.5 Å². The van der Waals surface area contributed by atoms with Crippen LogP contribution in [-0.4, -0.2) is 74.1 Å². The molecular formula is C24H33N9O. The van der Waals surface area contributed by atoms with Crippen LogP contribution in [0.5, 0.6) is 0 Å². The van der Waals surface area contributed by atoms with Crippen molar-refractivity contribution in [3.05, 3.63) is 42.7 Å². The molecule has 1 saturated heterocycles. The second kappa shape index (κ2) is 10.6. The molecule has 180 valence electrons. The first-order valence-electron chi connectivity index (χ1n) is 11.8. The molecule has 0 radical (unpaired) electrons. The second-order valence-electron chi connectivity index (χ2n) is 8.53. The number of carbonyl (C=O) groups excluding carboxylic acids is 1. The predicted octanol–water partition coefficient (Wildman–Crippen LogP) is 2.14. The molecule has 10 heteroatoms. The summed E-state index contributed by atoms with van der Waals surface area (Å²) in [7, 11) is 1.83. The highest BCUT2D eigenvalue weighted by atomic mass is 16.2. The first kappa shape index (κ1) is 23.6. The van der Waals surface area contributed by atoms with Gasteiger partial charge >= 0.3 is 0 Å². The first-order chi connectivity index (χ1) is 16.5. The Labute approximate surface area is 199 Å². The molecule has 4 heterocycles. The summed E-state index contributed by atoms with van der Waals surface area (Å²) in [5, 5.41) is 12.3. The van der Waals surface area contributed by atoms with Gasteiger partial charge in [0, 0.05) is 49.9 Å². The van der Waals surface area contributed by atoms with Crippen molar-refractivity contribution in [2.75, 3.05) is 26.7 Å². The molecular weight excluding hydrogens is 430 g/mol. The highest BCUT2D eigenvalue weighted by Gasteiger charge is 2.27. The molecule has 3 aromatic heterocycles. The first-order valence-corrected chi connectivity index (χ1v) is 11.8. The lowest BCUT2D eigenvalue weighted by atomic mass is 10.1. The summed E-state index contributed by atoms with van der Waals surface area (Å²) in [5.41, 5.74) is 9.94. The monoisotopic (exact) mass is 463 g/mol. The van der Waals surface area contributed by atoms with E-state index < -0.39 is 0 Å². The van der Waals surface area contributed by atoms with E-state index in [1.165, 1.54) is 6.20 Å². The normalized spacial score (nSPS) is 17.2. The van der Waals surface area contributed by atoms with Gasteiger partial charge in [-0.2, -0.15) is 10.2 Å². The number of nitrogens with zero attached hydrogens (tertiary/aromatic N) is 7. The maximum atomic E-state index is 12.0. The largest absolute Gasteiger partial charge is 0.404 e. The number of rotatable bonds is 10. The Kier molecular flexibility index (Phi) is 7.36. The van der Waals surface area contributed by atoms with Crippen molar-refractivity contribution >= 4 is 23.2 Å². The number of aliphatic imine (C=N–C) groups is 1. The number of nitrogens with one attached hydrogen (secondary N) is 1.